The molecule has 0 aliphatic rings. The maximum Gasteiger partial charge on any atom is 0.255 e. The van der Waals surface area contributed by atoms with Gasteiger partial charge in [-0.2, -0.15) is 4.98 Å². The molecular formula is C17H19N7O2. The summed E-state index contributed by atoms with van der Waals surface area (Å²) >= 11 is 0. The number of carbonyl (C=O) groups excluding carboxylic acids is 1. The fourth-order valence-electron chi connectivity index (χ4n) is 2.24. The smallest absolute Gasteiger partial charge is 0.255 e. The predicted octanol–water partition coefficient (Wildman–Crippen LogP) is 1.79. The number of hydrogen-bond donors (Lipinski definition) is 1. The molecule has 9 heteroatoms. The minimum absolute atomic E-state index is 0.294. The van der Waals surface area contributed by atoms with E-state index in [1.54, 1.807) is 37.1 Å². The van der Waals surface area contributed by atoms with Crippen molar-refractivity contribution >= 4 is 11.9 Å². The third kappa shape index (κ3) is 3.66. The van der Waals surface area contributed by atoms with Crippen molar-refractivity contribution in [1.82, 2.24) is 30.4 Å². The SMILES string of the molecule is Cc1nc(N(C)C)ncc1C(=O)N[C@H](C)c1nc(-c2ccccn2)no1. The minimum Gasteiger partial charge on any atom is -0.347 e. The highest BCUT2D eigenvalue weighted by Gasteiger charge is 2.20. The van der Waals surface area contributed by atoms with Gasteiger partial charge in [-0.1, -0.05) is 11.2 Å². The molecule has 0 unspecified atom stereocenters. The molecule has 3 rings (SSSR count). The average Bonchev–Trinajstić information content (AvgIpc) is 3.12. The van der Waals surface area contributed by atoms with Crippen LogP contribution in [0.4, 0.5) is 5.95 Å². The topological polar surface area (TPSA) is 110 Å². The Morgan fingerprint density at radius 2 is 2.04 bits per heavy atom. The molecule has 0 aliphatic heterocycles. The van der Waals surface area contributed by atoms with Crippen molar-refractivity contribution in [3.05, 3.63) is 47.7 Å². The van der Waals surface area contributed by atoms with Crippen LogP contribution in [-0.2, 0) is 0 Å². The molecule has 0 radical (unpaired) electrons. The van der Waals surface area contributed by atoms with E-state index in [0.29, 0.717) is 34.6 Å². The fraction of sp³-hybridized carbons (Fsp3) is 0.294. The lowest BCUT2D eigenvalue weighted by molar-refractivity contribution is 0.0931. The van der Waals surface area contributed by atoms with Crippen LogP contribution < -0.4 is 10.2 Å². The van der Waals surface area contributed by atoms with E-state index in [0.717, 1.165) is 0 Å². The number of rotatable bonds is 5. The van der Waals surface area contributed by atoms with Crippen LogP contribution in [0.5, 0.6) is 0 Å². The van der Waals surface area contributed by atoms with E-state index in [1.807, 2.05) is 20.2 Å². The number of aryl methyl sites for hydroxylation is 1. The molecule has 0 fully saturated rings. The lowest BCUT2D eigenvalue weighted by Crippen LogP contribution is -2.28. The second-order valence-corrected chi connectivity index (χ2v) is 5.93. The zero-order valence-corrected chi connectivity index (χ0v) is 15.0. The molecule has 0 bridgehead atoms. The quantitative estimate of drug-likeness (QED) is 0.739. The first-order chi connectivity index (χ1) is 12.5. The second kappa shape index (κ2) is 7.26. The van der Waals surface area contributed by atoms with Crippen molar-refractivity contribution in [3.63, 3.8) is 0 Å². The number of hydrogen-bond acceptors (Lipinski definition) is 8. The highest BCUT2D eigenvalue weighted by molar-refractivity contribution is 5.95. The summed E-state index contributed by atoms with van der Waals surface area (Å²) in [5.41, 5.74) is 1.59. The maximum atomic E-state index is 12.5. The number of carbonyl (C=O) groups is 1. The van der Waals surface area contributed by atoms with Gasteiger partial charge in [0.05, 0.1) is 11.3 Å². The molecule has 0 spiro atoms. The fourth-order valence-corrected chi connectivity index (χ4v) is 2.24. The molecule has 0 saturated carbocycles. The summed E-state index contributed by atoms with van der Waals surface area (Å²) in [4.78, 5) is 31.2. The Kier molecular flexibility index (Phi) is 4.87. The lowest BCUT2D eigenvalue weighted by atomic mass is 10.2. The molecule has 9 nitrogen and oxygen atoms in total. The Hall–Kier alpha value is -3.36. The molecule has 1 amide bonds. The third-order valence-electron chi connectivity index (χ3n) is 3.66. The monoisotopic (exact) mass is 353 g/mol. The standard InChI is InChI=1S/C17H19N7O2/c1-10-12(9-19-17(21-10)24(3)4)15(25)20-11(2)16-22-14(23-26-16)13-7-5-6-8-18-13/h5-9,11H,1-4H3,(H,20,25)/t11-/m1/s1. The lowest BCUT2D eigenvalue weighted by Gasteiger charge is -2.13. The van der Waals surface area contributed by atoms with Gasteiger partial charge in [-0.15, -0.1) is 0 Å². The van der Waals surface area contributed by atoms with Crippen molar-refractivity contribution < 1.29 is 9.32 Å². The summed E-state index contributed by atoms with van der Waals surface area (Å²) in [7, 11) is 3.68. The van der Waals surface area contributed by atoms with E-state index in [2.05, 4.69) is 30.4 Å². The van der Waals surface area contributed by atoms with E-state index in [9.17, 15) is 4.79 Å². The van der Waals surface area contributed by atoms with Gasteiger partial charge in [-0.05, 0) is 26.0 Å². The van der Waals surface area contributed by atoms with E-state index < -0.39 is 6.04 Å². The van der Waals surface area contributed by atoms with Crippen LogP contribution in [0.15, 0.2) is 35.1 Å². The summed E-state index contributed by atoms with van der Waals surface area (Å²) in [6.45, 7) is 3.53. The van der Waals surface area contributed by atoms with E-state index in [-0.39, 0.29) is 5.91 Å². The minimum atomic E-state index is -0.472. The first-order valence-corrected chi connectivity index (χ1v) is 8.02. The zero-order valence-electron chi connectivity index (χ0n) is 15.0. The van der Waals surface area contributed by atoms with Gasteiger partial charge < -0.3 is 14.7 Å². The summed E-state index contributed by atoms with van der Waals surface area (Å²) in [5.74, 6) is 0.904. The molecule has 26 heavy (non-hydrogen) atoms. The van der Waals surface area contributed by atoms with Crippen LogP contribution in [0, 0.1) is 6.92 Å². The summed E-state index contributed by atoms with van der Waals surface area (Å²) in [5, 5.41) is 6.72. The highest BCUT2D eigenvalue weighted by atomic mass is 16.5. The van der Waals surface area contributed by atoms with E-state index in [1.165, 1.54) is 6.20 Å². The Bertz CT molecular complexity index is 908. The number of amides is 1. The van der Waals surface area contributed by atoms with Crippen LogP contribution >= 0.6 is 0 Å². The van der Waals surface area contributed by atoms with Gasteiger partial charge >= 0.3 is 0 Å². The number of nitrogens with zero attached hydrogens (tertiary/aromatic N) is 6. The van der Waals surface area contributed by atoms with Crippen LogP contribution in [0.25, 0.3) is 11.5 Å². The van der Waals surface area contributed by atoms with Crippen molar-refractivity contribution in [3.8, 4) is 11.5 Å². The first-order valence-electron chi connectivity index (χ1n) is 8.02. The van der Waals surface area contributed by atoms with Gasteiger partial charge in [0.2, 0.25) is 17.7 Å². The molecule has 1 N–H and O–H groups in total. The average molecular weight is 353 g/mol. The summed E-state index contributed by atoms with van der Waals surface area (Å²) < 4.78 is 5.24. The van der Waals surface area contributed by atoms with Gasteiger partial charge in [0.15, 0.2) is 0 Å². The predicted molar refractivity (Wildman–Crippen MR) is 94.5 cm³/mol. The second-order valence-electron chi connectivity index (χ2n) is 5.93. The molecule has 0 aromatic carbocycles. The van der Waals surface area contributed by atoms with Crippen LogP contribution in [0.3, 0.4) is 0 Å². The Balaban J connectivity index is 1.73. The summed E-state index contributed by atoms with van der Waals surface area (Å²) in [6.07, 6.45) is 3.16. The molecule has 134 valence electrons. The van der Waals surface area contributed by atoms with Gasteiger partial charge in [0, 0.05) is 26.5 Å². The van der Waals surface area contributed by atoms with Gasteiger partial charge in [-0.3, -0.25) is 9.78 Å². The van der Waals surface area contributed by atoms with Crippen LogP contribution in [0.1, 0.15) is 34.9 Å². The first kappa shape index (κ1) is 17.5. The van der Waals surface area contributed by atoms with Crippen molar-refractivity contribution in [2.75, 3.05) is 19.0 Å². The van der Waals surface area contributed by atoms with E-state index in [4.69, 9.17) is 4.52 Å². The van der Waals surface area contributed by atoms with Crippen molar-refractivity contribution in [1.29, 1.82) is 0 Å². The number of pyridine rings is 1. The maximum absolute atomic E-state index is 12.5. The number of aromatic nitrogens is 5. The highest BCUT2D eigenvalue weighted by Crippen LogP contribution is 2.17. The van der Waals surface area contributed by atoms with Crippen molar-refractivity contribution in [2.24, 2.45) is 0 Å². The van der Waals surface area contributed by atoms with Crippen LogP contribution in [-0.4, -0.2) is 45.1 Å². The normalized spacial score (nSPS) is 11.8. The molecule has 3 aromatic heterocycles. The number of anilines is 1. The molecule has 3 heterocycles. The Morgan fingerprint density at radius 1 is 1.23 bits per heavy atom. The molecule has 0 aliphatic carbocycles. The van der Waals surface area contributed by atoms with Crippen LogP contribution in [0.2, 0.25) is 0 Å². The van der Waals surface area contributed by atoms with Gasteiger partial charge in [0.1, 0.15) is 11.7 Å². The Morgan fingerprint density at radius 3 is 2.69 bits per heavy atom. The Labute approximate surface area is 150 Å². The third-order valence-corrected chi connectivity index (χ3v) is 3.66. The molecule has 0 saturated heterocycles. The molecule has 1 atom stereocenters. The molecular weight excluding hydrogens is 334 g/mol. The zero-order chi connectivity index (χ0) is 18.7. The van der Waals surface area contributed by atoms with Gasteiger partial charge in [-0.25, -0.2) is 9.97 Å². The molecule has 3 aromatic rings. The van der Waals surface area contributed by atoms with E-state index >= 15 is 0 Å². The van der Waals surface area contributed by atoms with Crippen molar-refractivity contribution in [2.45, 2.75) is 19.9 Å². The summed E-state index contributed by atoms with van der Waals surface area (Å²) in [6, 6.07) is 4.95. The number of nitrogens with one attached hydrogen (secondary N) is 1. The largest absolute Gasteiger partial charge is 0.347 e. The van der Waals surface area contributed by atoms with Gasteiger partial charge in [0.25, 0.3) is 5.91 Å².